The van der Waals surface area contributed by atoms with Crippen molar-refractivity contribution < 1.29 is 4.74 Å². The number of halogens is 1. The second kappa shape index (κ2) is 12.7. The monoisotopic (exact) mass is 457 g/mol. The first-order valence-corrected chi connectivity index (χ1v) is 8.44. The Labute approximate surface area is 167 Å². The van der Waals surface area contributed by atoms with Gasteiger partial charge in [0.05, 0.1) is 5.69 Å². The van der Waals surface area contributed by atoms with Gasteiger partial charge in [-0.05, 0) is 43.5 Å². The van der Waals surface area contributed by atoms with Gasteiger partial charge in [-0.25, -0.2) is 4.68 Å². The van der Waals surface area contributed by atoms with Crippen LogP contribution in [-0.2, 0) is 11.3 Å². The number of hydrogen-bond acceptors (Lipinski definition) is 3. The van der Waals surface area contributed by atoms with Gasteiger partial charge in [0.25, 0.3) is 0 Å². The zero-order chi connectivity index (χ0) is 17.0. The molecule has 25 heavy (non-hydrogen) atoms. The fourth-order valence-electron chi connectivity index (χ4n) is 2.27. The molecule has 2 aromatic rings. The number of rotatable bonds is 9. The van der Waals surface area contributed by atoms with Gasteiger partial charge >= 0.3 is 0 Å². The van der Waals surface area contributed by atoms with Gasteiger partial charge in [-0.2, -0.15) is 5.10 Å². The zero-order valence-electron chi connectivity index (χ0n) is 14.9. The Hall–Kier alpha value is -1.61. The van der Waals surface area contributed by atoms with Crippen molar-refractivity contribution in [2.24, 2.45) is 4.99 Å². The van der Waals surface area contributed by atoms with Crippen LogP contribution in [0.15, 0.2) is 47.7 Å². The predicted molar refractivity (Wildman–Crippen MR) is 113 cm³/mol. The smallest absolute Gasteiger partial charge is 0.191 e. The molecule has 2 N–H and O–H groups in total. The number of guanidine groups is 1. The third-order valence-electron chi connectivity index (χ3n) is 3.60. The maximum Gasteiger partial charge on any atom is 0.191 e. The third-order valence-corrected chi connectivity index (χ3v) is 3.60. The minimum absolute atomic E-state index is 0. The summed E-state index contributed by atoms with van der Waals surface area (Å²) >= 11 is 0. The standard InChI is InChI=1S/C18H27N5O.HI/c1-3-24-14-5-4-11-20-18(19-2)21-15-16-7-9-17(10-8-16)23-13-6-12-22-23;/h6-10,12-13H,3-5,11,14-15H2,1-2H3,(H2,19,20,21);1H. The molecule has 0 atom stereocenters. The number of nitrogens with zero attached hydrogens (tertiary/aromatic N) is 3. The van der Waals surface area contributed by atoms with Crippen molar-refractivity contribution in [3.05, 3.63) is 48.3 Å². The lowest BCUT2D eigenvalue weighted by atomic mass is 10.2. The van der Waals surface area contributed by atoms with Crippen LogP contribution in [0.3, 0.4) is 0 Å². The van der Waals surface area contributed by atoms with Crippen LogP contribution in [0.4, 0.5) is 0 Å². The van der Waals surface area contributed by atoms with E-state index in [-0.39, 0.29) is 24.0 Å². The van der Waals surface area contributed by atoms with Crippen LogP contribution in [0.5, 0.6) is 0 Å². The van der Waals surface area contributed by atoms with Crippen molar-refractivity contribution in [2.75, 3.05) is 26.8 Å². The predicted octanol–water partition coefficient (Wildman–Crippen LogP) is 2.97. The van der Waals surface area contributed by atoms with E-state index in [0.717, 1.165) is 50.8 Å². The van der Waals surface area contributed by atoms with E-state index in [2.05, 4.69) is 45.0 Å². The molecule has 0 spiro atoms. The molecular weight excluding hydrogens is 429 g/mol. The zero-order valence-corrected chi connectivity index (χ0v) is 17.3. The summed E-state index contributed by atoms with van der Waals surface area (Å²) in [7, 11) is 1.79. The molecular formula is C18H28IN5O. The van der Waals surface area contributed by atoms with Crippen LogP contribution in [0, 0.1) is 0 Å². The molecule has 0 bridgehead atoms. The number of benzene rings is 1. The molecule has 0 saturated carbocycles. The van der Waals surface area contributed by atoms with E-state index >= 15 is 0 Å². The fourth-order valence-corrected chi connectivity index (χ4v) is 2.27. The van der Waals surface area contributed by atoms with Crippen LogP contribution >= 0.6 is 24.0 Å². The van der Waals surface area contributed by atoms with E-state index < -0.39 is 0 Å². The van der Waals surface area contributed by atoms with Crippen LogP contribution in [0.1, 0.15) is 25.3 Å². The summed E-state index contributed by atoms with van der Waals surface area (Å²) in [5, 5.41) is 10.9. The molecule has 0 saturated heterocycles. The molecule has 7 heteroatoms. The Morgan fingerprint density at radius 2 is 2.00 bits per heavy atom. The largest absolute Gasteiger partial charge is 0.382 e. The highest BCUT2D eigenvalue weighted by molar-refractivity contribution is 14.0. The summed E-state index contributed by atoms with van der Waals surface area (Å²) in [6.07, 6.45) is 5.84. The fraction of sp³-hybridized carbons (Fsp3) is 0.444. The molecule has 2 rings (SSSR count). The Kier molecular flexibility index (Phi) is 10.9. The summed E-state index contributed by atoms with van der Waals surface area (Å²) in [6.45, 7) is 5.26. The van der Waals surface area contributed by atoms with Gasteiger partial charge in [-0.15, -0.1) is 24.0 Å². The molecule has 0 amide bonds. The summed E-state index contributed by atoms with van der Waals surface area (Å²) in [6, 6.07) is 10.2. The average molecular weight is 457 g/mol. The number of aromatic nitrogens is 2. The van der Waals surface area contributed by atoms with Crippen molar-refractivity contribution in [3.8, 4) is 5.69 Å². The van der Waals surface area contributed by atoms with E-state index in [1.807, 2.05) is 23.9 Å². The van der Waals surface area contributed by atoms with Crippen molar-refractivity contribution in [2.45, 2.75) is 26.3 Å². The summed E-state index contributed by atoms with van der Waals surface area (Å²) < 4.78 is 7.18. The van der Waals surface area contributed by atoms with Crippen LogP contribution < -0.4 is 10.6 Å². The summed E-state index contributed by atoms with van der Waals surface area (Å²) in [5.74, 6) is 0.822. The molecule has 0 aliphatic carbocycles. The molecule has 138 valence electrons. The van der Waals surface area contributed by atoms with E-state index in [1.165, 1.54) is 5.56 Å². The van der Waals surface area contributed by atoms with Gasteiger partial charge in [0.2, 0.25) is 0 Å². The molecule has 0 aliphatic rings. The van der Waals surface area contributed by atoms with Gasteiger partial charge < -0.3 is 15.4 Å². The molecule has 1 aromatic heterocycles. The van der Waals surface area contributed by atoms with Gasteiger partial charge in [-0.3, -0.25) is 4.99 Å². The number of aliphatic imine (C=N–C) groups is 1. The van der Waals surface area contributed by atoms with Crippen molar-refractivity contribution in [3.63, 3.8) is 0 Å². The van der Waals surface area contributed by atoms with E-state index in [4.69, 9.17) is 4.74 Å². The minimum Gasteiger partial charge on any atom is -0.382 e. The van der Waals surface area contributed by atoms with E-state index in [0.29, 0.717) is 0 Å². The molecule has 1 heterocycles. The average Bonchev–Trinajstić information content (AvgIpc) is 3.15. The first-order valence-electron chi connectivity index (χ1n) is 8.44. The molecule has 1 aromatic carbocycles. The van der Waals surface area contributed by atoms with Crippen molar-refractivity contribution in [1.29, 1.82) is 0 Å². The first kappa shape index (κ1) is 21.4. The third kappa shape index (κ3) is 7.87. The highest BCUT2D eigenvalue weighted by Gasteiger charge is 2.00. The maximum absolute atomic E-state index is 5.33. The molecule has 0 fully saturated rings. The van der Waals surface area contributed by atoms with Gasteiger partial charge in [0.15, 0.2) is 5.96 Å². The van der Waals surface area contributed by atoms with Crippen LogP contribution in [0.2, 0.25) is 0 Å². The Bertz CT molecular complexity index is 598. The first-order chi connectivity index (χ1) is 11.8. The van der Waals surface area contributed by atoms with Crippen molar-refractivity contribution >= 4 is 29.9 Å². The molecule has 0 radical (unpaired) electrons. The van der Waals surface area contributed by atoms with Crippen molar-refractivity contribution in [1.82, 2.24) is 20.4 Å². The Morgan fingerprint density at radius 1 is 1.20 bits per heavy atom. The lowest BCUT2D eigenvalue weighted by Gasteiger charge is -2.12. The summed E-state index contributed by atoms with van der Waals surface area (Å²) in [5.41, 5.74) is 2.26. The Morgan fingerprint density at radius 3 is 2.64 bits per heavy atom. The summed E-state index contributed by atoms with van der Waals surface area (Å²) in [4.78, 5) is 4.24. The second-order valence-corrected chi connectivity index (χ2v) is 5.37. The van der Waals surface area contributed by atoms with Gasteiger partial charge in [0.1, 0.15) is 0 Å². The quantitative estimate of drug-likeness (QED) is 0.263. The molecule has 0 unspecified atom stereocenters. The SMILES string of the molecule is CCOCCCCNC(=NC)NCc1ccc(-n2cccn2)cc1.I. The maximum atomic E-state index is 5.33. The minimum atomic E-state index is 0. The highest BCUT2D eigenvalue weighted by Crippen LogP contribution is 2.08. The number of hydrogen-bond donors (Lipinski definition) is 2. The van der Waals surface area contributed by atoms with E-state index in [9.17, 15) is 0 Å². The Balaban J connectivity index is 0.00000312. The lowest BCUT2D eigenvalue weighted by molar-refractivity contribution is 0.143. The molecule has 0 aliphatic heterocycles. The lowest BCUT2D eigenvalue weighted by Crippen LogP contribution is -2.37. The topological polar surface area (TPSA) is 63.5 Å². The molecule has 6 nitrogen and oxygen atoms in total. The number of ether oxygens (including phenoxy) is 1. The van der Waals surface area contributed by atoms with Gasteiger partial charge in [-0.1, -0.05) is 12.1 Å². The number of nitrogens with one attached hydrogen (secondary N) is 2. The normalized spacial score (nSPS) is 11.0. The van der Waals surface area contributed by atoms with E-state index in [1.54, 1.807) is 13.2 Å². The number of unbranched alkanes of at least 4 members (excludes halogenated alkanes) is 1. The van der Waals surface area contributed by atoms with Gasteiger partial charge in [0, 0.05) is 45.7 Å². The second-order valence-electron chi connectivity index (χ2n) is 5.37. The van der Waals surface area contributed by atoms with Crippen LogP contribution in [0.25, 0.3) is 5.69 Å². The highest BCUT2D eigenvalue weighted by atomic mass is 127. The van der Waals surface area contributed by atoms with Crippen LogP contribution in [-0.4, -0.2) is 42.5 Å².